The molecule has 0 saturated carbocycles. The van der Waals surface area contributed by atoms with Gasteiger partial charge in [0.15, 0.2) is 0 Å². The summed E-state index contributed by atoms with van der Waals surface area (Å²) in [7, 11) is 0. The molecule has 0 unspecified atom stereocenters. The van der Waals surface area contributed by atoms with Crippen LogP contribution in [0, 0.1) is 0 Å². The SMILES string of the molecule is O=C(O)COC1CCN(C(=O)NCC(F)F)CC1. The maximum Gasteiger partial charge on any atom is 0.329 e. The third kappa shape index (κ3) is 5.26. The van der Waals surface area contributed by atoms with Crippen LogP contribution in [0.15, 0.2) is 0 Å². The van der Waals surface area contributed by atoms with Crippen LogP contribution in [0.25, 0.3) is 0 Å². The summed E-state index contributed by atoms with van der Waals surface area (Å²) in [6.45, 7) is -0.269. The van der Waals surface area contributed by atoms with Gasteiger partial charge in [-0.2, -0.15) is 0 Å². The average Bonchev–Trinajstić information content (AvgIpc) is 2.34. The molecule has 104 valence electrons. The van der Waals surface area contributed by atoms with Crippen molar-refractivity contribution in [1.82, 2.24) is 10.2 Å². The highest BCUT2D eigenvalue weighted by atomic mass is 19.3. The van der Waals surface area contributed by atoms with Crippen molar-refractivity contribution in [1.29, 1.82) is 0 Å². The first-order valence-electron chi connectivity index (χ1n) is 5.63. The van der Waals surface area contributed by atoms with Gasteiger partial charge in [-0.05, 0) is 12.8 Å². The molecule has 1 saturated heterocycles. The number of nitrogens with zero attached hydrogens (tertiary/aromatic N) is 1. The van der Waals surface area contributed by atoms with E-state index < -0.39 is 25.0 Å². The van der Waals surface area contributed by atoms with Crippen LogP contribution in [0.4, 0.5) is 13.6 Å². The number of rotatable bonds is 5. The lowest BCUT2D eigenvalue weighted by molar-refractivity contribution is -0.145. The molecule has 0 aromatic rings. The van der Waals surface area contributed by atoms with Gasteiger partial charge in [0.1, 0.15) is 6.61 Å². The number of carboxylic acid groups (broad SMARTS) is 1. The Bertz CT molecular complexity index is 294. The Kier molecular flexibility index (Phi) is 5.76. The lowest BCUT2D eigenvalue weighted by Gasteiger charge is -2.31. The third-order valence-corrected chi connectivity index (χ3v) is 2.58. The van der Waals surface area contributed by atoms with Crippen LogP contribution in [-0.2, 0) is 9.53 Å². The van der Waals surface area contributed by atoms with E-state index in [1.54, 1.807) is 0 Å². The number of piperidine rings is 1. The molecule has 6 nitrogen and oxygen atoms in total. The maximum atomic E-state index is 11.9. The zero-order valence-corrected chi connectivity index (χ0v) is 9.77. The molecule has 0 spiro atoms. The highest BCUT2D eigenvalue weighted by molar-refractivity contribution is 5.74. The first-order chi connectivity index (χ1) is 8.49. The van der Waals surface area contributed by atoms with Crippen molar-refractivity contribution in [3.8, 4) is 0 Å². The fourth-order valence-electron chi connectivity index (χ4n) is 1.69. The smallest absolute Gasteiger partial charge is 0.329 e. The average molecular weight is 266 g/mol. The van der Waals surface area contributed by atoms with Crippen molar-refractivity contribution in [2.75, 3.05) is 26.2 Å². The first kappa shape index (κ1) is 14.6. The number of carbonyl (C=O) groups is 2. The van der Waals surface area contributed by atoms with Gasteiger partial charge in [-0.1, -0.05) is 0 Å². The van der Waals surface area contributed by atoms with Crippen molar-refractivity contribution in [2.24, 2.45) is 0 Å². The third-order valence-electron chi connectivity index (χ3n) is 2.58. The molecule has 0 aliphatic carbocycles. The van der Waals surface area contributed by atoms with Gasteiger partial charge in [0.05, 0.1) is 12.6 Å². The molecule has 0 atom stereocenters. The number of nitrogens with one attached hydrogen (secondary N) is 1. The van der Waals surface area contributed by atoms with Gasteiger partial charge in [-0.25, -0.2) is 18.4 Å². The van der Waals surface area contributed by atoms with Crippen LogP contribution < -0.4 is 5.32 Å². The van der Waals surface area contributed by atoms with Gasteiger partial charge in [-0.3, -0.25) is 0 Å². The Morgan fingerprint density at radius 3 is 2.50 bits per heavy atom. The van der Waals surface area contributed by atoms with Crippen molar-refractivity contribution < 1.29 is 28.2 Å². The standard InChI is InChI=1S/C10H16F2N2O4/c11-8(12)5-13-10(17)14-3-1-7(2-4-14)18-6-9(15)16/h7-8H,1-6H2,(H,13,17)(H,15,16). The van der Waals surface area contributed by atoms with E-state index in [1.807, 2.05) is 0 Å². The second kappa shape index (κ2) is 7.10. The number of alkyl halides is 2. The largest absolute Gasteiger partial charge is 0.480 e. The lowest BCUT2D eigenvalue weighted by Crippen LogP contribution is -2.47. The summed E-state index contributed by atoms with van der Waals surface area (Å²) in [5.74, 6) is -1.04. The summed E-state index contributed by atoms with van der Waals surface area (Å²) in [6, 6.07) is -0.521. The monoisotopic (exact) mass is 266 g/mol. The molecule has 0 aromatic carbocycles. The van der Waals surface area contributed by atoms with E-state index in [0.717, 1.165) is 0 Å². The molecule has 2 amide bonds. The predicted molar refractivity (Wildman–Crippen MR) is 57.6 cm³/mol. The molecule has 0 aromatic heterocycles. The number of hydrogen-bond acceptors (Lipinski definition) is 3. The minimum atomic E-state index is -2.56. The summed E-state index contributed by atoms with van der Waals surface area (Å²) >= 11 is 0. The minimum absolute atomic E-state index is 0.194. The number of hydrogen-bond donors (Lipinski definition) is 2. The molecule has 1 heterocycles. The summed E-state index contributed by atoms with van der Waals surface area (Å²) in [5, 5.41) is 10.6. The number of amides is 2. The topological polar surface area (TPSA) is 78.9 Å². The Morgan fingerprint density at radius 2 is 2.00 bits per heavy atom. The number of aliphatic carboxylic acids is 1. The Morgan fingerprint density at radius 1 is 1.39 bits per heavy atom. The fraction of sp³-hybridized carbons (Fsp3) is 0.800. The van der Waals surface area contributed by atoms with E-state index in [9.17, 15) is 18.4 Å². The molecule has 0 radical (unpaired) electrons. The number of carboxylic acids is 1. The van der Waals surface area contributed by atoms with Crippen LogP contribution in [-0.4, -0.2) is 60.8 Å². The van der Waals surface area contributed by atoms with Crippen LogP contribution in [0.2, 0.25) is 0 Å². The van der Waals surface area contributed by atoms with Gasteiger partial charge < -0.3 is 20.1 Å². The number of urea groups is 1. The van der Waals surface area contributed by atoms with E-state index in [4.69, 9.17) is 9.84 Å². The highest BCUT2D eigenvalue weighted by Gasteiger charge is 2.23. The Balaban J connectivity index is 2.22. The Labute approximate surface area is 103 Å². The molecule has 1 aliphatic heterocycles. The van der Waals surface area contributed by atoms with Crippen LogP contribution in [0.5, 0.6) is 0 Å². The molecule has 8 heteroatoms. The van der Waals surface area contributed by atoms with Crippen LogP contribution in [0.1, 0.15) is 12.8 Å². The second-order valence-electron chi connectivity index (χ2n) is 3.97. The quantitative estimate of drug-likeness (QED) is 0.760. The number of halogens is 2. The van der Waals surface area contributed by atoms with Gasteiger partial charge in [0.25, 0.3) is 6.43 Å². The van der Waals surface area contributed by atoms with E-state index in [2.05, 4.69) is 5.32 Å². The van der Waals surface area contributed by atoms with Crippen molar-refractivity contribution in [2.45, 2.75) is 25.4 Å². The molecule has 18 heavy (non-hydrogen) atoms. The summed E-state index contributed by atoms with van der Waals surface area (Å²) in [5.41, 5.74) is 0. The predicted octanol–water partition coefficient (Wildman–Crippen LogP) is 0.527. The summed E-state index contributed by atoms with van der Waals surface area (Å²) in [6.07, 6.45) is -1.74. The number of carbonyl (C=O) groups excluding carboxylic acids is 1. The van der Waals surface area contributed by atoms with Gasteiger partial charge in [-0.15, -0.1) is 0 Å². The van der Waals surface area contributed by atoms with E-state index in [0.29, 0.717) is 25.9 Å². The minimum Gasteiger partial charge on any atom is -0.480 e. The Hall–Kier alpha value is -1.44. The molecule has 1 rings (SSSR count). The van der Waals surface area contributed by atoms with Gasteiger partial charge in [0, 0.05) is 13.1 Å². The van der Waals surface area contributed by atoms with Gasteiger partial charge in [0.2, 0.25) is 0 Å². The van der Waals surface area contributed by atoms with E-state index in [1.165, 1.54) is 4.90 Å². The zero-order chi connectivity index (χ0) is 13.5. The van der Waals surface area contributed by atoms with Gasteiger partial charge >= 0.3 is 12.0 Å². The normalized spacial score (nSPS) is 16.9. The number of likely N-dealkylation sites (tertiary alicyclic amines) is 1. The fourth-order valence-corrected chi connectivity index (χ4v) is 1.69. The number of ether oxygens (including phenoxy) is 1. The first-order valence-corrected chi connectivity index (χ1v) is 5.63. The van der Waals surface area contributed by atoms with Crippen molar-refractivity contribution >= 4 is 12.0 Å². The molecule has 1 aliphatic rings. The molecular weight excluding hydrogens is 250 g/mol. The van der Waals surface area contributed by atoms with Crippen LogP contribution >= 0.6 is 0 Å². The maximum absolute atomic E-state index is 11.9. The van der Waals surface area contributed by atoms with Crippen LogP contribution in [0.3, 0.4) is 0 Å². The molecular formula is C10H16F2N2O4. The molecule has 1 fully saturated rings. The summed E-state index contributed by atoms with van der Waals surface area (Å²) < 4.78 is 28.9. The zero-order valence-electron chi connectivity index (χ0n) is 9.77. The lowest BCUT2D eigenvalue weighted by atomic mass is 10.1. The van der Waals surface area contributed by atoms with Crippen molar-refractivity contribution in [3.63, 3.8) is 0 Å². The second-order valence-corrected chi connectivity index (χ2v) is 3.97. The summed E-state index contributed by atoms with van der Waals surface area (Å²) in [4.78, 5) is 23.1. The molecule has 0 bridgehead atoms. The molecule has 2 N–H and O–H groups in total. The van der Waals surface area contributed by atoms with E-state index >= 15 is 0 Å². The highest BCUT2D eigenvalue weighted by Crippen LogP contribution is 2.13. The van der Waals surface area contributed by atoms with E-state index in [-0.39, 0.29) is 12.7 Å². The van der Waals surface area contributed by atoms with Crippen molar-refractivity contribution in [3.05, 3.63) is 0 Å².